The summed E-state index contributed by atoms with van der Waals surface area (Å²) in [7, 11) is 0. The predicted molar refractivity (Wildman–Crippen MR) is 105 cm³/mol. The first kappa shape index (κ1) is 18.5. The number of alkyl halides is 3. The Morgan fingerprint density at radius 1 is 1.11 bits per heavy atom. The van der Waals surface area contributed by atoms with Gasteiger partial charge in [0, 0.05) is 22.4 Å². The molecule has 0 radical (unpaired) electrons. The summed E-state index contributed by atoms with van der Waals surface area (Å²) in [6.07, 6.45) is -3.94. The number of thiazole rings is 1. The standard InChI is InChI=1S/C18H14F3N5S2/c19-18(20,21)16-9-14(26(22)25-16)15-7-6-13(28-15)8-12-10-27-17(24-12)23-11-4-2-1-3-5-11/h1-7,9-10H,8,22H2,(H,23,24). The van der Waals surface area contributed by atoms with Crippen LogP contribution in [0.15, 0.2) is 53.9 Å². The van der Waals surface area contributed by atoms with Gasteiger partial charge in [0.05, 0.1) is 10.6 Å². The van der Waals surface area contributed by atoms with Crippen LogP contribution in [0.3, 0.4) is 0 Å². The van der Waals surface area contributed by atoms with Crippen molar-refractivity contribution in [3.05, 3.63) is 70.2 Å². The van der Waals surface area contributed by atoms with Crippen LogP contribution in [0.5, 0.6) is 0 Å². The van der Waals surface area contributed by atoms with Crippen LogP contribution < -0.4 is 11.2 Å². The quantitative estimate of drug-likeness (QED) is 0.438. The summed E-state index contributed by atoms with van der Waals surface area (Å²) in [5.74, 6) is 5.60. The topological polar surface area (TPSA) is 68.8 Å². The Hall–Kier alpha value is -2.85. The van der Waals surface area contributed by atoms with Crippen molar-refractivity contribution in [1.82, 2.24) is 14.9 Å². The van der Waals surface area contributed by atoms with Gasteiger partial charge in [-0.25, -0.2) is 4.98 Å². The van der Waals surface area contributed by atoms with Crippen LogP contribution in [0.1, 0.15) is 16.3 Å². The highest BCUT2D eigenvalue weighted by Gasteiger charge is 2.35. The van der Waals surface area contributed by atoms with Gasteiger partial charge in [-0.05, 0) is 30.3 Å². The second-order valence-electron chi connectivity index (χ2n) is 5.93. The van der Waals surface area contributed by atoms with Gasteiger partial charge in [-0.3, -0.25) is 0 Å². The fraction of sp³-hybridized carbons (Fsp3) is 0.111. The zero-order valence-corrected chi connectivity index (χ0v) is 15.9. The fourth-order valence-electron chi connectivity index (χ4n) is 2.60. The van der Waals surface area contributed by atoms with E-state index in [0.717, 1.165) is 32.2 Å². The molecule has 0 atom stereocenters. The van der Waals surface area contributed by atoms with Crippen LogP contribution in [0.2, 0.25) is 0 Å². The van der Waals surface area contributed by atoms with Crippen LogP contribution in [-0.2, 0) is 12.6 Å². The molecule has 0 saturated carbocycles. The number of nitrogens with zero attached hydrogens (tertiary/aromatic N) is 3. The number of nitrogens with one attached hydrogen (secondary N) is 1. The van der Waals surface area contributed by atoms with Crippen LogP contribution in [0.25, 0.3) is 10.6 Å². The van der Waals surface area contributed by atoms with Crippen molar-refractivity contribution in [1.29, 1.82) is 0 Å². The predicted octanol–water partition coefficient (Wildman–Crippen LogP) is 5.14. The van der Waals surface area contributed by atoms with Gasteiger partial charge < -0.3 is 11.2 Å². The molecule has 4 rings (SSSR count). The molecule has 0 aliphatic carbocycles. The van der Waals surface area contributed by atoms with E-state index in [-0.39, 0.29) is 5.69 Å². The summed E-state index contributed by atoms with van der Waals surface area (Å²) in [5, 5.41) is 9.34. The Labute approximate surface area is 166 Å². The van der Waals surface area contributed by atoms with E-state index >= 15 is 0 Å². The molecule has 0 fully saturated rings. The Balaban J connectivity index is 1.48. The van der Waals surface area contributed by atoms with E-state index in [1.54, 1.807) is 6.07 Å². The molecule has 4 aromatic rings. The Kier molecular flexibility index (Phi) is 4.82. The highest BCUT2D eigenvalue weighted by atomic mass is 32.1. The van der Waals surface area contributed by atoms with Crippen molar-refractivity contribution in [2.75, 3.05) is 11.2 Å². The van der Waals surface area contributed by atoms with Crippen molar-refractivity contribution in [3.8, 4) is 10.6 Å². The number of hydrogen-bond acceptors (Lipinski definition) is 6. The number of anilines is 2. The maximum atomic E-state index is 12.8. The average Bonchev–Trinajstić information content (AvgIpc) is 3.36. The second-order valence-corrected chi connectivity index (χ2v) is 7.96. The van der Waals surface area contributed by atoms with Crippen molar-refractivity contribution in [3.63, 3.8) is 0 Å². The van der Waals surface area contributed by atoms with Crippen LogP contribution in [0, 0.1) is 0 Å². The molecule has 3 N–H and O–H groups in total. The number of benzene rings is 1. The van der Waals surface area contributed by atoms with Gasteiger partial charge in [-0.1, -0.05) is 18.2 Å². The van der Waals surface area contributed by atoms with Crippen LogP contribution in [-0.4, -0.2) is 14.9 Å². The van der Waals surface area contributed by atoms with Crippen molar-refractivity contribution in [2.24, 2.45) is 0 Å². The lowest BCUT2D eigenvalue weighted by molar-refractivity contribution is -0.141. The number of aromatic nitrogens is 3. The summed E-state index contributed by atoms with van der Waals surface area (Å²) in [6.45, 7) is 0. The number of hydrogen-bond donors (Lipinski definition) is 2. The summed E-state index contributed by atoms with van der Waals surface area (Å²) in [6, 6.07) is 14.3. The molecule has 3 aromatic heterocycles. The van der Waals surface area contributed by atoms with Crippen molar-refractivity contribution >= 4 is 33.5 Å². The molecule has 28 heavy (non-hydrogen) atoms. The Morgan fingerprint density at radius 3 is 2.61 bits per heavy atom. The van der Waals surface area contributed by atoms with Crippen LogP contribution in [0.4, 0.5) is 24.0 Å². The third kappa shape index (κ3) is 4.02. The molecule has 0 aliphatic heterocycles. The molecule has 3 heterocycles. The molecule has 0 amide bonds. The van der Waals surface area contributed by atoms with Gasteiger partial charge in [-0.2, -0.15) is 18.0 Å². The highest BCUT2D eigenvalue weighted by molar-refractivity contribution is 7.15. The average molecular weight is 421 g/mol. The van der Waals surface area contributed by atoms with Crippen molar-refractivity contribution in [2.45, 2.75) is 12.6 Å². The first-order valence-electron chi connectivity index (χ1n) is 8.16. The Bertz CT molecular complexity index is 1080. The van der Waals surface area contributed by atoms with Gasteiger partial charge in [0.2, 0.25) is 0 Å². The lowest BCUT2D eigenvalue weighted by atomic mass is 10.2. The van der Waals surface area contributed by atoms with Gasteiger partial charge in [0.15, 0.2) is 10.8 Å². The largest absolute Gasteiger partial charge is 0.435 e. The molecule has 144 valence electrons. The summed E-state index contributed by atoms with van der Waals surface area (Å²) >= 11 is 2.87. The third-order valence-electron chi connectivity index (χ3n) is 3.87. The number of nitrogens with two attached hydrogens (primary N) is 1. The normalized spacial score (nSPS) is 11.7. The van der Waals surface area contributed by atoms with E-state index in [1.807, 2.05) is 41.8 Å². The van der Waals surface area contributed by atoms with E-state index in [9.17, 15) is 13.2 Å². The minimum absolute atomic E-state index is 0.230. The lowest BCUT2D eigenvalue weighted by Crippen LogP contribution is -2.13. The van der Waals surface area contributed by atoms with E-state index in [1.165, 1.54) is 22.7 Å². The number of halogens is 3. The molecular formula is C18H14F3N5S2. The minimum Gasteiger partial charge on any atom is -0.332 e. The maximum Gasteiger partial charge on any atom is 0.435 e. The lowest BCUT2D eigenvalue weighted by Gasteiger charge is -2.00. The fourth-order valence-corrected chi connectivity index (χ4v) is 4.36. The molecule has 0 spiro atoms. The minimum atomic E-state index is -4.53. The van der Waals surface area contributed by atoms with Gasteiger partial charge in [0.1, 0.15) is 5.69 Å². The molecule has 0 unspecified atom stereocenters. The highest BCUT2D eigenvalue weighted by Crippen LogP contribution is 2.34. The molecule has 0 bridgehead atoms. The molecule has 10 heteroatoms. The van der Waals surface area contributed by atoms with E-state index in [4.69, 9.17) is 5.84 Å². The number of para-hydroxylation sites is 1. The number of rotatable bonds is 5. The molecule has 0 saturated heterocycles. The van der Waals surface area contributed by atoms with Gasteiger partial charge in [-0.15, -0.1) is 27.8 Å². The SMILES string of the molecule is Nn1nc(C(F)(F)F)cc1-c1ccc(Cc2csc(Nc3ccccc3)n2)s1. The smallest absolute Gasteiger partial charge is 0.332 e. The number of thiophene rings is 1. The van der Waals surface area contributed by atoms with Gasteiger partial charge in [0.25, 0.3) is 0 Å². The van der Waals surface area contributed by atoms with E-state index in [2.05, 4.69) is 15.4 Å². The summed E-state index contributed by atoms with van der Waals surface area (Å²) in [5.41, 5.74) is 1.07. The van der Waals surface area contributed by atoms with E-state index in [0.29, 0.717) is 11.3 Å². The molecule has 0 aliphatic rings. The molecule has 1 aromatic carbocycles. The van der Waals surface area contributed by atoms with Crippen LogP contribution >= 0.6 is 22.7 Å². The van der Waals surface area contributed by atoms with Gasteiger partial charge >= 0.3 is 6.18 Å². The number of nitrogen functional groups attached to an aromatic ring is 1. The Morgan fingerprint density at radius 2 is 1.89 bits per heavy atom. The third-order valence-corrected chi connectivity index (χ3v) is 5.79. The molecular weight excluding hydrogens is 407 g/mol. The second kappa shape index (κ2) is 7.28. The zero-order valence-electron chi connectivity index (χ0n) is 14.3. The first-order valence-corrected chi connectivity index (χ1v) is 9.86. The van der Waals surface area contributed by atoms with E-state index < -0.39 is 11.9 Å². The maximum absolute atomic E-state index is 12.8. The summed E-state index contributed by atoms with van der Waals surface area (Å²) in [4.78, 5) is 6.92. The molecule has 5 nitrogen and oxygen atoms in total. The summed E-state index contributed by atoms with van der Waals surface area (Å²) < 4.78 is 38.4. The monoisotopic (exact) mass is 421 g/mol. The van der Waals surface area contributed by atoms with Crippen molar-refractivity contribution < 1.29 is 13.2 Å². The zero-order chi connectivity index (χ0) is 19.7. The first-order chi connectivity index (χ1) is 13.4.